The lowest BCUT2D eigenvalue weighted by Crippen LogP contribution is -2.11. The van der Waals surface area contributed by atoms with Crippen LogP contribution in [0.3, 0.4) is 0 Å². The number of thioether (sulfide) groups is 1. The van der Waals surface area contributed by atoms with E-state index < -0.39 is 0 Å². The number of Topliss-reactive ketones (excluding diaryl/α,β-unsaturated/α-hetero) is 1. The van der Waals surface area contributed by atoms with E-state index in [4.69, 9.17) is 10.6 Å². The van der Waals surface area contributed by atoms with Gasteiger partial charge < -0.3 is 10.6 Å². The summed E-state index contributed by atoms with van der Waals surface area (Å²) in [6.07, 6.45) is 1.17. The quantitative estimate of drug-likeness (QED) is 0.383. The van der Waals surface area contributed by atoms with Crippen molar-refractivity contribution < 1.29 is 9.53 Å². The second-order valence-electron chi connectivity index (χ2n) is 4.39. The molecule has 0 saturated heterocycles. The lowest BCUT2D eigenvalue weighted by Gasteiger charge is -2.13. The van der Waals surface area contributed by atoms with Crippen molar-refractivity contribution in [1.82, 2.24) is 0 Å². The van der Waals surface area contributed by atoms with E-state index in [-0.39, 0.29) is 11.0 Å². The van der Waals surface area contributed by atoms with Gasteiger partial charge in [0.1, 0.15) is 5.75 Å². The van der Waals surface area contributed by atoms with Gasteiger partial charge in [0.15, 0.2) is 5.78 Å². The number of benzene rings is 1. The van der Waals surface area contributed by atoms with Crippen LogP contribution < -0.4 is 10.6 Å². The summed E-state index contributed by atoms with van der Waals surface area (Å²) in [5.41, 5.74) is 2.09. The van der Waals surface area contributed by atoms with Crippen molar-refractivity contribution >= 4 is 35.1 Å². The number of ether oxygens (including phenoxy) is 1. The Morgan fingerprint density at radius 1 is 1.43 bits per heavy atom. The molecular formula is C15H16N2O2S2. The Labute approximate surface area is 132 Å². The molecule has 1 heterocycles. The number of thiophene rings is 1. The number of hydrogen-bond donors (Lipinski definition) is 1. The van der Waals surface area contributed by atoms with Crippen LogP contribution in [0.2, 0.25) is 0 Å². The standard InChI is InChI=1S/C15H16N2O2S2/c1-10-7-14(20-9-10)21-15(13(18)8-17-16)11-3-5-12(19-2)6-4-11/h3-9,15H,16H2,1-2H3. The molecule has 0 radical (unpaired) electrons. The maximum absolute atomic E-state index is 12.2. The average molecular weight is 320 g/mol. The zero-order valence-corrected chi connectivity index (χ0v) is 13.4. The van der Waals surface area contributed by atoms with Crippen LogP contribution in [0.15, 0.2) is 45.0 Å². The van der Waals surface area contributed by atoms with Gasteiger partial charge in [-0.3, -0.25) is 4.79 Å². The summed E-state index contributed by atoms with van der Waals surface area (Å²) in [4.78, 5) is 12.2. The minimum atomic E-state index is -0.360. The van der Waals surface area contributed by atoms with Gasteiger partial charge in [0.25, 0.3) is 0 Å². The third kappa shape index (κ3) is 4.09. The number of hydrazone groups is 1. The number of nitrogens with two attached hydrogens (primary N) is 1. The molecule has 0 aliphatic heterocycles. The van der Waals surface area contributed by atoms with Crippen LogP contribution in [0.5, 0.6) is 5.75 Å². The molecule has 2 N–H and O–H groups in total. The monoisotopic (exact) mass is 320 g/mol. The molecule has 2 aromatic rings. The number of ketones is 1. The minimum Gasteiger partial charge on any atom is -0.497 e. The summed E-state index contributed by atoms with van der Waals surface area (Å²) < 4.78 is 6.23. The zero-order valence-electron chi connectivity index (χ0n) is 11.8. The molecule has 1 aromatic carbocycles. The Hall–Kier alpha value is -1.79. The van der Waals surface area contributed by atoms with Crippen LogP contribution in [-0.2, 0) is 4.79 Å². The van der Waals surface area contributed by atoms with Crippen LogP contribution in [0.4, 0.5) is 0 Å². The number of carbonyl (C=O) groups is 1. The van der Waals surface area contributed by atoms with Crippen LogP contribution in [0.1, 0.15) is 16.4 Å². The van der Waals surface area contributed by atoms with Gasteiger partial charge in [0, 0.05) is 0 Å². The van der Waals surface area contributed by atoms with Crippen molar-refractivity contribution in [2.75, 3.05) is 7.11 Å². The molecule has 21 heavy (non-hydrogen) atoms. The van der Waals surface area contributed by atoms with E-state index in [0.717, 1.165) is 15.5 Å². The lowest BCUT2D eigenvalue weighted by molar-refractivity contribution is -0.112. The maximum Gasteiger partial charge on any atom is 0.193 e. The zero-order chi connectivity index (χ0) is 15.2. The van der Waals surface area contributed by atoms with Crippen molar-refractivity contribution in [2.45, 2.75) is 16.4 Å². The first kappa shape index (κ1) is 15.6. The number of methoxy groups -OCH3 is 1. The minimum absolute atomic E-state index is 0.126. The SMILES string of the molecule is COc1ccc(C(Sc2cc(C)cs2)C(=O)C=NN)cc1. The van der Waals surface area contributed by atoms with Crippen molar-refractivity contribution in [2.24, 2.45) is 10.9 Å². The molecule has 0 saturated carbocycles. The second kappa shape index (κ2) is 7.28. The summed E-state index contributed by atoms with van der Waals surface area (Å²) in [5.74, 6) is 5.74. The van der Waals surface area contributed by atoms with Gasteiger partial charge in [-0.05, 0) is 41.6 Å². The molecule has 0 spiro atoms. The fourth-order valence-corrected chi connectivity index (χ4v) is 4.03. The average Bonchev–Trinajstić information content (AvgIpc) is 2.90. The molecule has 6 heteroatoms. The summed E-state index contributed by atoms with van der Waals surface area (Å²) >= 11 is 3.13. The van der Waals surface area contributed by atoms with Gasteiger partial charge in [-0.15, -0.1) is 11.3 Å². The Bertz CT molecular complexity index is 635. The van der Waals surface area contributed by atoms with E-state index in [1.807, 2.05) is 31.2 Å². The molecule has 0 amide bonds. The molecule has 4 nitrogen and oxygen atoms in total. The number of rotatable bonds is 6. The molecule has 2 rings (SSSR count). The highest BCUT2D eigenvalue weighted by Crippen LogP contribution is 2.39. The Kier molecular flexibility index (Phi) is 5.41. The van der Waals surface area contributed by atoms with E-state index >= 15 is 0 Å². The summed E-state index contributed by atoms with van der Waals surface area (Å²) in [5, 5.41) is 5.06. The second-order valence-corrected chi connectivity index (χ2v) is 6.71. The first-order valence-corrected chi connectivity index (χ1v) is 8.03. The van der Waals surface area contributed by atoms with E-state index in [9.17, 15) is 4.79 Å². The number of hydrogen-bond acceptors (Lipinski definition) is 6. The first-order valence-electron chi connectivity index (χ1n) is 6.27. The largest absolute Gasteiger partial charge is 0.497 e. The van der Waals surface area contributed by atoms with Crippen molar-refractivity contribution in [3.63, 3.8) is 0 Å². The summed E-state index contributed by atoms with van der Waals surface area (Å²) in [6, 6.07) is 9.53. The van der Waals surface area contributed by atoms with Gasteiger partial charge in [0.05, 0.1) is 22.8 Å². The molecular weight excluding hydrogens is 304 g/mol. The summed E-state index contributed by atoms with van der Waals surface area (Å²) in [6.45, 7) is 2.03. The molecule has 0 fully saturated rings. The number of carbonyl (C=O) groups excluding carboxylic acids is 1. The van der Waals surface area contributed by atoms with Gasteiger partial charge in [-0.1, -0.05) is 23.9 Å². The van der Waals surface area contributed by atoms with Crippen LogP contribution >= 0.6 is 23.1 Å². The fraction of sp³-hybridized carbons (Fsp3) is 0.200. The molecule has 1 aromatic heterocycles. The topological polar surface area (TPSA) is 64.7 Å². The van der Waals surface area contributed by atoms with Gasteiger partial charge >= 0.3 is 0 Å². The molecule has 0 bridgehead atoms. The Morgan fingerprint density at radius 3 is 2.67 bits per heavy atom. The van der Waals surface area contributed by atoms with Crippen LogP contribution in [-0.4, -0.2) is 19.1 Å². The number of aryl methyl sites for hydroxylation is 1. The molecule has 110 valence electrons. The predicted molar refractivity (Wildman–Crippen MR) is 88.3 cm³/mol. The smallest absolute Gasteiger partial charge is 0.193 e. The number of nitrogens with zero attached hydrogens (tertiary/aromatic N) is 1. The molecule has 0 aliphatic carbocycles. The van der Waals surface area contributed by atoms with Crippen LogP contribution in [0, 0.1) is 6.92 Å². The van der Waals surface area contributed by atoms with E-state index in [1.54, 1.807) is 18.4 Å². The highest BCUT2D eigenvalue weighted by atomic mass is 32.2. The normalized spacial score (nSPS) is 12.5. The van der Waals surface area contributed by atoms with Gasteiger partial charge in [-0.25, -0.2) is 0 Å². The predicted octanol–water partition coefficient (Wildman–Crippen LogP) is 3.41. The molecule has 0 aliphatic rings. The van der Waals surface area contributed by atoms with Crippen LogP contribution in [0.25, 0.3) is 0 Å². The van der Waals surface area contributed by atoms with E-state index in [0.29, 0.717) is 0 Å². The van der Waals surface area contributed by atoms with Gasteiger partial charge in [0.2, 0.25) is 0 Å². The van der Waals surface area contributed by atoms with E-state index in [1.165, 1.54) is 23.5 Å². The van der Waals surface area contributed by atoms with E-state index in [2.05, 4.69) is 16.5 Å². The molecule has 1 atom stereocenters. The van der Waals surface area contributed by atoms with Crippen molar-refractivity contribution in [3.8, 4) is 5.75 Å². The van der Waals surface area contributed by atoms with Crippen molar-refractivity contribution in [1.29, 1.82) is 0 Å². The summed E-state index contributed by atoms with van der Waals surface area (Å²) in [7, 11) is 1.61. The van der Waals surface area contributed by atoms with Gasteiger partial charge in [-0.2, -0.15) is 5.10 Å². The first-order chi connectivity index (χ1) is 10.1. The third-order valence-corrected chi connectivity index (χ3v) is 5.33. The Morgan fingerprint density at radius 2 is 2.14 bits per heavy atom. The highest BCUT2D eigenvalue weighted by molar-refractivity contribution is 8.02. The third-order valence-electron chi connectivity index (χ3n) is 2.82. The maximum atomic E-state index is 12.2. The lowest BCUT2D eigenvalue weighted by atomic mass is 10.1. The fourth-order valence-electron chi connectivity index (χ4n) is 1.79. The van der Waals surface area contributed by atoms with Crippen molar-refractivity contribution in [3.05, 3.63) is 46.8 Å². The Balaban J connectivity index is 2.28. The highest BCUT2D eigenvalue weighted by Gasteiger charge is 2.21. The molecule has 1 unspecified atom stereocenters.